The van der Waals surface area contributed by atoms with Crippen molar-refractivity contribution in [3.63, 3.8) is 0 Å². The molecule has 1 aromatic carbocycles. The molecule has 1 saturated carbocycles. The van der Waals surface area contributed by atoms with Gasteiger partial charge in [-0.05, 0) is 63.3 Å². The van der Waals surface area contributed by atoms with E-state index in [0.29, 0.717) is 12.3 Å². The Morgan fingerprint density at radius 3 is 2.33 bits per heavy atom. The molecular formula is C20H27N3O3S. The summed E-state index contributed by atoms with van der Waals surface area (Å²) in [5.74, 6) is 2.34. The lowest BCUT2D eigenvalue weighted by atomic mass is 9.82. The number of sulfone groups is 1. The van der Waals surface area contributed by atoms with E-state index in [4.69, 9.17) is 15.6 Å². The van der Waals surface area contributed by atoms with Crippen LogP contribution < -0.4 is 10.5 Å². The van der Waals surface area contributed by atoms with Gasteiger partial charge in [0, 0.05) is 11.6 Å². The van der Waals surface area contributed by atoms with Crippen molar-refractivity contribution in [1.82, 2.24) is 9.78 Å². The lowest BCUT2D eigenvalue weighted by Gasteiger charge is -2.24. The zero-order valence-corrected chi connectivity index (χ0v) is 17.0. The van der Waals surface area contributed by atoms with Crippen LogP contribution in [0.2, 0.25) is 0 Å². The van der Waals surface area contributed by atoms with Crippen LogP contribution in [0.5, 0.6) is 11.5 Å². The highest BCUT2D eigenvalue weighted by Gasteiger charge is 2.35. The minimum absolute atomic E-state index is 0.0962. The second-order valence-corrected chi connectivity index (χ2v) is 10.2. The maximum atomic E-state index is 11.9. The van der Waals surface area contributed by atoms with Crippen molar-refractivity contribution >= 4 is 15.5 Å². The average molecular weight is 390 g/mol. The summed E-state index contributed by atoms with van der Waals surface area (Å²) in [6, 6.07) is 3.80. The number of aromatic nitrogens is 2. The van der Waals surface area contributed by atoms with E-state index in [1.54, 1.807) is 0 Å². The van der Waals surface area contributed by atoms with Gasteiger partial charge in [-0.2, -0.15) is 5.10 Å². The van der Waals surface area contributed by atoms with E-state index in [1.807, 2.05) is 37.6 Å². The topological polar surface area (TPSA) is 87.2 Å². The number of nitrogen functional groups attached to an aromatic ring is 1. The van der Waals surface area contributed by atoms with Crippen LogP contribution in [0.3, 0.4) is 0 Å². The Kier molecular flexibility index (Phi) is 4.45. The van der Waals surface area contributed by atoms with Crippen LogP contribution >= 0.6 is 0 Å². The van der Waals surface area contributed by atoms with E-state index < -0.39 is 9.84 Å². The number of nitrogens with two attached hydrogens (primary N) is 1. The van der Waals surface area contributed by atoms with Gasteiger partial charge in [0.15, 0.2) is 15.6 Å². The summed E-state index contributed by atoms with van der Waals surface area (Å²) >= 11 is 0. The third-order valence-electron chi connectivity index (χ3n) is 5.95. The molecule has 6 nitrogen and oxygen atoms in total. The van der Waals surface area contributed by atoms with E-state index in [9.17, 15) is 8.42 Å². The maximum Gasteiger partial charge on any atom is 0.171 e. The van der Waals surface area contributed by atoms with Gasteiger partial charge >= 0.3 is 0 Å². The highest BCUT2D eigenvalue weighted by Crippen LogP contribution is 2.44. The molecule has 0 amide bonds. The molecule has 1 atom stereocenters. The minimum Gasteiger partial charge on any atom is -0.453 e. The van der Waals surface area contributed by atoms with Gasteiger partial charge in [0.1, 0.15) is 11.4 Å². The number of benzene rings is 1. The lowest BCUT2D eigenvalue weighted by molar-refractivity contribution is 0.386. The number of nitrogens with zero attached hydrogens (tertiary/aromatic N) is 2. The summed E-state index contributed by atoms with van der Waals surface area (Å²) in [5, 5.41) is 4.84. The predicted molar refractivity (Wildman–Crippen MR) is 106 cm³/mol. The van der Waals surface area contributed by atoms with Gasteiger partial charge < -0.3 is 10.5 Å². The SMILES string of the molecule is Cc1cc(Oc2c(C3CCC3)nn(C3CCS(=O)(=O)C3)c2C)cc(C)c1N. The quantitative estimate of drug-likeness (QED) is 0.804. The summed E-state index contributed by atoms with van der Waals surface area (Å²) in [4.78, 5) is 0. The summed E-state index contributed by atoms with van der Waals surface area (Å²) in [7, 11) is -2.97. The lowest BCUT2D eigenvalue weighted by Crippen LogP contribution is -2.15. The summed E-state index contributed by atoms with van der Waals surface area (Å²) in [6.07, 6.45) is 4.04. The monoisotopic (exact) mass is 389 g/mol. The van der Waals surface area contributed by atoms with Crippen molar-refractivity contribution in [3.05, 3.63) is 34.6 Å². The zero-order chi connectivity index (χ0) is 19.3. The summed E-state index contributed by atoms with van der Waals surface area (Å²) < 4.78 is 32.1. The summed E-state index contributed by atoms with van der Waals surface area (Å²) in [6.45, 7) is 5.93. The van der Waals surface area contributed by atoms with Crippen molar-refractivity contribution in [2.45, 2.75) is 58.4 Å². The van der Waals surface area contributed by atoms with Gasteiger partial charge in [-0.15, -0.1) is 0 Å². The van der Waals surface area contributed by atoms with Gasteiger partial charge in [0.2, 0.25) is 0 Å². The second kappa shape index (κ2) is 6.55. The number of aryl methyl sites for hydroxylation is 2. The first-order valence-electron chi connectivity index (χ1n) is 9.59. The summed E-state index contributed by atoms with van der Waals surface area (Å²) in [5.41, 5.74) is 10.7. The van der Waals surface area contributed by atoms with E-state index in [2.05, 4.69) is 0 Å². The molecule has 2 N–H and O–H groups in total. The fourth-order valence-corrected chi connectivity index (χ4v) is 5.73. The smallest absolute Gasteiger partial charge is 0.171 e. The van der Waals surface area contributed by atoms with Crippen LogP contribution in [0.25, 0.3) is 0 Å². The van der Waals surface area contributed by atoms with Crippen molar-refractivity contribution in [1.29, 1.82) is 0 Å². The predicted octanol–water partition coefficient (Wildman–Crippen LogP) is 3.81. The molecule has 1 unspecified atom stereocenters. The molecule has 0 spiro atoms. The fraction of sp³-hybridized carbons (Fsp3) is 0.550. The Morgan fingerprint density at radius 1 is 1.15 bits per heavy atom. The highest BCUT2D eigenvalue weighted by molar-refractivity contribution is 7.91. The molecule has 7 heteroatoms. The molecule has 2 aromatic rings. The standard InChI is InChI=1S/C20H27N3O3S/c1-12-9-17(10-13(2)18(12)21)26-20-14(3)23(16-7-8-27(24,25)11-16)22-19(20)15-5-4-6-15/h9-10,15-16H,4-8,11,21H2,1-3H3. The van der Waals surface area contributed by atoms with Crippen LogP contribution in [0.15, 0.2) is 12.1 Å². The second-order valence-electron chi connectivity index (χ2n) is 8.00. The van der Waals surface area contributed by atoms with E-state index in [1.165, 1.54) is 6.42 Å². The third kappa shape index (κ3) is 3.33. The molecule has 1 saturated heterocycles. The van der Waals surface area contributed by atoms with Crippen LogP contribution in [0.4, 0.5) is 5.69 Å². The zero-order valence-electron chi connectivity index (χ0n) is 16.2. The molecule has 0 radical (unpaired) electrons. The van der Waals surface area contributed by atoms with Gasteiger partial charge in [0.05, 0.1) is 23.2 Å². The van der Waals surface area contributed by atoms with Gasteiger partial charge in [-0.25, -0.2) is 8.42 Å². The van der Waals surface area contributed by atoms with Crippen molar-refractivity contribution in [3.8, 4) is 11.5 Å². The first-order chi connectivity index (χ1) is 12.7. The normalized spacial score (nSPS) is 22.0. The van der Waals surface area contributed by atoms with Gasteiger partial charge in [0.25, 0.3) is 0 Å². The van der Waals surface area contributed by atoms with Crippen LogP contribution in [0.1, 0.15) is 60.2 Å². The van der Waals surface area contributed by atoms with Crippen molar-refractivity contribution in [2.75, 3.05) is 17.2 Å². The Bertz CT molecular complexity index is 967. The molecule has 1 aromatic heterocycles. The Morgan fingerprint density at radius 2 is 1.81 bits per heavy atom. The van der Waals surface area contributed by atoms with E-state index in [-0.39, 0.29) is 17.5 Å². The number of hydrogen-bond donors (Lipinski definition) is 1. The third-order valence-corrected chi connectivity index (χ3v) is 7.70. The molecule has 1 aliphatic heterocycles. The Balaban J connectivity index is 1.73. The van der Waals surface area contributed by atoms with Gasteiger partial charge in [-0.3, -0.25) is 4.68 Å². The Hall–Kier alpha value is -2.02. The van der Waals surface area contributed by atoms with Crippen molar-refractivity contribution < 1.29 is 13.2 Å². The molecule has 2 fully saturated rings. The molecule has 4 rings (SSSR count). The largest absolute Gasteiger partial charge is 0.453 e. The van der Waals surface area contributed by atoms with Crippen LogP contribution in [0, 0.1) is 20.8 Å². The van der Waals surface area contributed by atoms with Crippen molar-refractivity contribution in [2.24, 2.45) is 0 Å². The first-order valence-corrected chi connectivity index (χ1v) is 11.4. The number of rotatable bonds is 4. The van der Waals surface area contributed by atoms with E-state index >= 15 is 0 Å². The molecule has 0 bridgehead atoms. The molecule has 1 aliphatic carbocycles. The molecule has 2 aliphatic rings. The molecule has 2 heterocycles. The first kappa shape index (κ1) is 18.3. The average Bonchev–Trinajstić information content (AvgIpc) is 3.05. The highest BCUT2D eigenvalue weighted by atomic mass is 32.2. The molecule has 146 valence electrons. The minimum atomic E-state index is -2.97. The van der Waals surface area contributed by atoms with Crippen LogP contribution in [-0.2, 0) is 9.84 Å². The Labute approximate surface area is 160 Å². The number of ether oxygens (including phenoxy) is 1. The van der Waals surface area contributed by atoms with Crippen LogP contribution in [-0.4, -0.2) is 29.7 Å². The maximum absolute atomic E-state index is 11.9. The molecule has 27 heavy (non-hydrogen) atoms. The molecular weight excluding hydrogens is 362 g/mol. The number of anilines is 1. The van der Waals surface area contributed by atoms with Gasteiger partial charge in [-0.1, -0.05) is 6.42 Å². The van der Waals surface area contributed by atoms with E-state index in [0.717, 1.165) is 52.5 Å². The number of hydrogen-bond acceptors (Lipinski definition) is 5. The fourth-order valence-electron chi connectivity index (χ4n) is 4.04.